The predicted molar refractivity (Wildman–Crippen MR) is 101 cm³/mol. The zero-order valence-electron chi connectivity index (χ0n) is 13.9. The molecule has 0 fully saturated rings. The molecule has 0 spiro atoms. The van der Waals surface area contributed by atoms with Gasteiger partial charge in [0.05, 0.1) is 23.1 Å². The van der Waals surface area contributed by atoms with Crippen molar-refractivity contribution in [3.05, 3.63) is 76.7 Å². The number of halogens is 1. The fraction of sp³-hybridized carbons (Fsp3) is 0.105. The molecule has 6 heteroatoms. The second kappa shape index (κ2) is 7.32. The highest BCUT2D eigenvalue weighted by molar-refractivity contribution is 6.33. The summed E-state index contributed by atoms with van der Waals surface area (Å²) in [4.78, 5) is 20.7. The maximum atomic E-state index is 12.3. The minimum absolute atomic E-state index is 0.240. The number of carbonyl (C=O) groups excluding carboxylic acids is 1. The SMILES string of the molecule is Cc1cc(C)cc(NC(=O)c2cnc(Nc3ccccc3Cl)cn2)c1. The summed E-state index contributed by atoms with van der Waals surface area (Å²) in [6, 6.07) is 13.2. The van der Waals surface area contributed by atoms with Crippen LogP contribution in [0.1, 0.15) is 21.6 Å². The Labute approximate surface area is 151 Å². The lowest BCUT2D eigenvalue weighted by Gasteiger charge is -2.09. The molecule has 0 radical (unpaired) electrons. The fourth-order valence-corrected chi connectivity index (χ4v) is 2.64. The van der Waals surface area contributed by atoms with Crippen LogP contribution in [0.4, 0.5) is 17.2 Å². The Bertz CT molecular complexity index is 889. The van der Waals surface area contributed by atoms with Gasteiger partial charge in [0.25, 0.3) is 5.91 Å². The molecule has 0 aliphatic heterocycles. The molecule has 2 aromatic carbocycles. The highest BCUT2D eigenvalue weighted by atomic mass is 35.5. The molecule has 0 aliphatic carbocycles. The third-order valence-corrected chi connectivity index (χ3v) is 3.83. The minimum atomic E-state index is -0.304. The van der Waals surface area contributed by atoms with Gasteiger partial charge < -0.3 is 10.6 Å². The lowest BCUT2D eigenvalue weighted by Crippen LogP contribution is -2.14. The van der Waals surface area contributed by atoms with Gasteiger partial charge in [0, 0.05) is 5.69 Å². The van der Waals surface area contributed by atoms with Crippen molar-refractivity contribution in [2.75, 3.05) is 10.6 Å². The van der Waals surface area contributed by atoms with Gasteiger partial charge in [-0.05, 0) is 49.2 Å². The average Bonchev–Trinajstić information content (AvgIpc) is 2.56. The second-order valence-corrected chi connectivity index (χ2v) is 6.13. The van der Waals surface area contributed by atoms with Crippen LogP contribution in [0.2, 0.25) is 5.02 Å². The maximum Gasteiger partial charge on any atom is 0.275 e. The fourth-order valence-electron chi connectivity index (χ4n) is 2.45. The van der Waals surface area contributed by atoms with Crippen molar-refractivity contribution in [3.8, 4) is 0 Å². The number of hydrogen-bond acceptors (Lipinski definition) is 4. The van der Waals surface area contributed by atoms with Crippen LogP contribution in [0.15, 0.2) is 54.9 Å². The van der Waals surface area contributed by atoms with E-state index in [4.69, 9.17) is 11.6 Å². The van der Waals surface area contributed by atoms with Crippen LogP contribution in [0.25, 0.3) is 0 Å². The molecule has 0 bridgehead atoms. The molecule has 5 nitrogen and oxygen atoms in total. The van der Waals surface area contributed by atoms with E-state index in [9.17, 15) is 4.79 Å². The van der Waals surface area contributed by atoms with Crippen LogP contribution in [0, 0.1) is 13.8 Å². The number of rotatable bonds is 4. The standard InChI is InChI=1S/C19H17ClN4O/c1-12-7-13(2)9-14(8-12)23-19(25)17-10-22-18(11-21-17)24-16-6-4-3-5-15(16)20/h3-11H,1-2H3,(H,22,24)(H,23,25). The Hall–Kier alpha value is -2.92. The second-order valence-electron chi connectivity index (χ2n) is 5.72. The van der Waals surface area contributed by atoms with E-state index in [1.165, 1.54) is 12.4 Å². The van der Waals surface area contributed by atoms with E-state index >= 15 is 0 Å². The highest BCUT2D eigenvalue weighted by Crippen LogP contribution is 2.23. The molecule has 1 amide bonds. The molecule has 0 aliphatic rings. The number of aryl methyl sites for hydroxylation is 2. The van der Waals surface area contributed by atoms with Crippen molar-refractivity contribution in [1.29, 1.82) is 0 Å². The van der Waals surface area contributed by atoms with Gasteiger partial charge in [0.1, 0.15) is 11.5 Å². The first kappa shape index (κ1) is 16.9. The Morgan fingerprint density at radius 1 is 1.00 bits per heavy atom. The Morgan fingerprint density at radius 3 is 2.36 bits per heavy atom. The lowest BCUT2D eigenvalue weighted by atomic mass is 10.1. The molecule has 3 rings (SSSR count). The summed E-state index contributed by atoms with van der Waals surface area (Å²) in [5, 5.41) is 6.49. The number of carbonyl (C=O) groups is 1. The van der Waals surface area contributed by atoms with Crippen molar-refractivity contribution in [1.82, 2.24) is 9.97 Å². The Morgan fingerprint density at radius 2 is 1.72 bits per heavy atom. The van der Waals surface area contributed by atoms with E-state index < -0.39 is 0 Å². The first-order valence-electron chi connectivity index (χ1n) is 7.74. The number of aromatic nitrogens is 2. The summed E-state index contributed by atoms with van der Waals surface area (Å²) in [5.41, 5.74) is 3.87. The summed E-state index contributed by atoms with van der Waals surface area (Å²) < 4.78 is 0. The number of amides is 1. The monoisotopic (exact) mass is 352 g/mol. The lowest BCUT2D eigenvalue weighted by molar-refractivity contribution is 0.102. The normalized spacial score (nSPS) is 10.4. The molecule has 0 saturated heterocycles. The van der Waals surface area contributed by atoms with Gasteiger partial charge in [0.2, 0.25) is 0 Å². The molecule has 1 aromatic heterocycles. The van der Waals surface area contributed by atoms with Crippen molar-refractivity contribution in [2.24, 2.45) is 0 Å². The quantitative estimate of drug-likeness (QED) is 0.711. The summed E-state index contributed by atoms with van der Waals surface area (Å²) in [7, 11) is 0. The third kappa shape index (κ3) is 4.33. The summed E-state index contributed by atoms with van der Waals surface area (Å²) >= 11 is 6.10. The van der Waals surface area contributed by atoms with E-state index in [1.54, 1.807) is 6.07 Å². The van der Waals surface area contributed by atoms with Gasteiger partial charge in [-0.25, -0.2) is 9.97 Å². The van der Waals surface area contributed by atoms with Crippen LogP contribution < -0.4 is 10.6 Å². The predicted octanol–water partition coefficient (Wildman–Crippen LogP) is 4.74. The number of para-hydroxylation sites is 1. The number of nitrogens with zero attached hydrogens (tertiary/aromatic N) is 2. The smallest absolute Gasteiger partial charge is 0.275 e. The van der Waals surface area contributed by atoms with Crippen LogP contribution in [0.3, 0.4) is 0 Å². The van der Waals surface area contributed by atoms with Gasteiger partial charge in [0.15, 0.2) is 0 Å². The first-order chi connectivity index (χ1) is 12.0. The largest absolute Gasteiger partial charge is 0.338 e. The van der Waals surface area contributed by atoms with E-state index in [0.717, 1.165) is 22.5 Å². The minimum Gasteiger partial charge on any atom is -0.338 e. The first-order valence-corrected chi connectivity index (χ1v) is 8.12. The number of benzene rings is 2. The molecule has 3 aromatic rings. The van der Waals surface area contributed by atoms with Crippen molar-refractivity contribution < 1.29 is 4.79 Å². The molecule has 0 saturated carbocycles. The van der Waals surface area contributed by atoms with Gasteiger partial charge in [-0.1, -0.05) is 29.8 Å². The van der Waals surface area contributed by atoms with Crippen molar-refractivity contribution in [2.45, 2.75) is 13.8 Å². The molecule has 0 unspecified atom stereocenters. The van der Waals surface area contributed by atoms with Crippen LogP contribution in [0.5, 0.6) is 0 Å². The zero-order chi connectivity index (χ0) is 17.8. The maximum absolute atomic E-state index is 12.3. The van der Waals surface area contributed by atoms with Gasteiger partial charge >= 0.3 is 0 Å². The summed E-state index contributed by atoms with van der Waals surface area (Å²) in [5.74, 6) is 0.206. The molecular formula is C19H17ClN4O. The van der Waals surface area contributed by atoms with Crippen LogP contribution >= 0.6 is 11.6 Å². The van der Waals surface area contributed by atoms with Gasteiger partial charge in [-0.2, -0.15) is 0 Å². The number of anilines is 3. The van der Waals surface area contributed by atoms with E-state index in [2.05, 4.69) is 20.6 Å². The third-order valence-electron chi connectivity index (χ3n) is 3.50. The number of hydrogen-bond donors (Lipinski definition) is 2. The molecule has 126 valence electrons. The van der Waals surface area contributed by atoms with Gasteiger partial charge in [-0.3, -0.25) is 4.79 Å². The molecular weight excluding hydrogens is 336 g/mol. The van der Waals surface area contributed by atoms with Crippen LogP contribution in [-0.2, 0) is 0 Å². The summed E-state index contributed by atoms with van der Waals surface area (Å²) in [6.07, 6.45) is 2.93. The Kier molecular flexibility index (Phi) is 4.95. The molecule has 0 atom stereocenters. The van der Waals surface area contributed by atoms with Gasteiger partial charge in [-0.15, -0.1) is 0 Å². The topological polar surface area (TPSA) is 66.9 Å². The van der Waals surface area contributed by atoms with Crippen molar-refractivity contribution in [3.63, 3.8) is 0 Å². The van der Waals surface area contributed by atoms with E-state index in [0.29, 0.717) is 10.8 Å². The average molecular weight is 353 g/mol. The zero-order valence-corrected chi connectivity index (χ0v) is 14.6. The molecule has 1 heterocycles. The van der Waals surface area contributed by atoms with E-state index in [1.807, 2.05) is 50.2 Å². The highest BCUT2D eigenvalue weighted by Gasteiger charge is 2.09. The van der Waals surface area contributed by atoms with E-state index in [-0.39, 0.29) is 11.6 Å². The molecule has 25 heavy (non-hydrogen) atoms. The Balaban J connectivity index is 1.71. The van der Waals surface area contributed by atoms with Crippen LogP contribution in [-0.4, -0.2) is 15.9 Å². The molecule has 2 N–H and O–H groups in total. The van der Waals surface area contributed by atoms with Crippen molar-refractivity contribution >= 4 is 34.7 Å². The summed E-state index contributed by atoms with van der Waals surface area (Å²) in [6.45, 7) is 3.97. The number of nitrogens with one attached hydrogen (secondary N) is 2.